The standard InChI is InChI=1S/C18H22N2O3/c1-13-5-3-6-15(9-13)10-20(11-16-7-4-8-22-16)18(21)17-14(2)23-12-19-17/h3,5-6,9,12,16H,4,7-8,10-11H2,1-2H3/t16-/m1/s1. The molecule has 0 unspecified atom stereocenters. The van der Waals surface area contributed by atoms with E-state index in [-0.39, 0.29) is 12.0 Å². The minimum Gasteiger partial charge on any atom is -0.448 e. The highest BCUT2D eigenvalue weighted by Crippen LogP contribution is 2.18. The first-order chi connectivity index (χ1) is 11.1. The maximum absolute atomic E-state index is 12.9. The first kappa shape index (κ1) is 15.7. The average Bonchev–Trinajstić information content (AvgIpc) is 3.17. The third-order valence-electron chi connectivity index (χ3n) is 4.14. The fraction of sp³-hybridized carbons (Fsp3) is 0.444. The van der Waals surface area contributed by atoms with Crippen LogP contribution in [0.5, 0.6) is 0 Å². The van der Waals surface area contributed by atoms with Gasteiger partial charge in [0.05, 0.1) is 6.10 Å². The fourth-order valence-corrected chi connectivity index (χ4v) is 2.94. The summed E-state index contributed by atoms with van der Waals surface area (Å²) in [5.74, 6) is 0.449. The Morgan fingerprint density at radius 3 is 2.91 bits per heavy atom. The van der Waals surface area contributed by atoms with E-state index in [1.165, 1.54) is 12.0 Å². The van der Waals surface area contributed by atoms with Crippen molar-refractivity contribution in [1.82, 2.24) is 9.88 Å². The zero-order valence-corrected chi connectivity index (χ0v) is 13.6. The Labute approximate surface area is 136 Å². The number of aryl methyl sites for hydroxylation is 2. The SMILES string of the molecule is Cc1cccc(CN(C[C@H]2CCCO2)C(=O)c2ncoc2C)c1. The lowest BCUT2D eigenvalue weighted by Crippen LogP contribution is -2.37. The molecule has 1 amide bonds. The highest BCUT2D eigenvalue weighted by Gasteiger charge is 2.26. The van der Waals surface area contributed by atoms with Gasteiger partial charge in [-0.2, -0.15) is 0 Å². The maximum Gasteiger partial charge on any atom is 0.276 e. The van der Waals surface area contributed by atoms with Gasteiger partial charge >= 0.3 is 0 Å². The van der Waals surface area contributed by atoms with Gasteiger partial charge in [-0.15, -0.1) is 0 Å². The molecule has 3 rings (SSSR count). The number of rotatable bonds is 5. The van der Waals surface area contributed by atoms with Crippen LogP contribution < -0.4 is 0 Å². The number of benzene rings is 1. The molecule has 5 nitrogen and oxygen atoms in total. The summed E-state index contributed by atoms with van der Waals surface area (Å²) in [6.07, 6.45) is 3.48. The smallest absolute Gasteiger partial charge is 0.276 e. The Morgan fingerprint density at radius 1 is 1.39 bits per heavy atom. The lowest BCUT2D eigenvalue weighted by molar-refractivity contribution is 0.0502. The molecule has 1 atom stereocenters. The second kappa shape index (κ2) is 6.96. The molecule has 1 aliphatic heterocycles. The molecular weight excluding hydrogens is 292 g/mol. The van der Waals surface area contributed by atoms with Gasteiger partial charge in [0.25, 0.3) is 5.91 Å². The van der Waals surface area contributed by atoms with Crippen molar-refractivity contribution in [3.63, 3.8) is 0 Å². The number of hydrogen-bond donors (Lipinski definition) is 0. The van der Waals surface area contributed by atoms with Crippen LogP contribution in [-0.4, -0.2) is 35.0 Å². The Hall–Kier alpha value is -2.14. The molecule has 2 heterocycles. The predicted molar refractivity (Wildman–Crippen MR) is 86.1 cm³/mol. The Morgan fingerprint density at radius 2 is 2.26 bits per heavy atom. The van der Waals surface area contributed by atoms with Crippen LogP contribution >= 0.6 is 0 Å². The molecule has 5 heteroatoms. The molecule has 0 N–H and O–H groups in total. The highest BCUT2D eigenvalue weighted by atomic mass is 16.5. The van der Waals surface area contributed by atoms with E-state index < -0.39 is 0 Å². The summed E-state index contributed by atoms with van der Waals surface area (Å²) in [6.45, 7) is 5.72. The van der Waals surface area contributed by atoms with E-state index >= 15 is 0 Å². The Kier molecular flexibility index (Phi) is 4.76. The van der Waals surface area contributed by atoms with Crippen molar-refractivity contribution < 1.29 is 13.9 Å². The predicted octanol–water partition coefficient (Wildman–Crippen LogP) is 3.11. The Bertz CT molecular complexity index is 674. The van der Waals surface area contributed by atoms with Crippen molar-refractivity contribution in [3.05, 3.63) is 53.2 Å². The van der Waals surface area contributed by atoms with Crippen molar-refractivity contribution in [3.8, 4) is 0 Å². The summed E-state index contributed by atoms with van der Waals surface area (Å²) < 4.78 is 10.9. The van der Waals surface area contributed by atoms with Crippen LogP contribution in [0.2, 0.25) is 0 Å². The van der Waals surface area contributed by atoms with Crippen LogP contribution in [0.3, 0.4) is 0 Å². The molecule has 0 radical (unpaired) electrons. The molecule has 0 aliphatic carbocycles. The van der Waals surface area contributed by atoms with Gasteiger partial charge in [0, 0.05) is 19.7 Å². The van der Waals surface area contributed by atoms with Gasteiger partial charge < -0.3 is 14.1 Å². The summed E-state index contributed by atoms with van der Waals surface area (Å²) >= 11 is 0. The van der Waals surface area contributed by atoms with E-state index in [4.69, 9.17) is 9.15 Å². The molecule has 0 saturated carbocycles. The van der Waals surface area contributed by atoms with Crippen molar-refractivity contribution in [2.45, 2.75) is 39.3 Å². The molecule has 0 spiro atoms. The average molecular weight is 314 g/mol. The summed E-state index contributed by atoms with van der Waals surface area (Å²) in [5, 5.41) is 0. The molecule has 2 aromatic rings. The zero-order valence-electron chi connectivity index (χ0n) is 13.6. The van der Waals surface area contributed by atoms with E-state index in [1.807, 2.05) is 17.0 Å². The van der Waals surface area contributed by atoms with Crippen LogP contribution in [0.15, 0.2) is 35.1 Å². The van der Waals surface area contributed by atoms with Crippen LogP contribution in [0.25, 0.3) is 0 Å². The second-order valence-electron chi connectivity index (χ2n) is 6.07. The lowest BCUT2D eigenvalue weighted by Gasteiger charge is -2.25. The first-order valence-electron chi connectivity index (χ1n) is 8.00. The molecule has 1 aliphatic rings. The minimum absolute atomic E-state index is 0.103. The summed E-state index contributed by atoms with van der Waals surface area (Å²) in [4.78, 5) is 18.7. The van der Waals surface area contributed by atoms with E-state index in [2.05, 4.69) is 24.0 Å². The number of hydrogen-bond acceptors (Lipinski definition) is 4. The van der Waals surface area contributed by atoms with Crippen molar-refractivity contribution in [2.24, 2.45) is 0 Å². The molecule has 122 valence electrons. The fourth-order valence-electron chi connectivity index (χ4n) is 2.94. The largest absolute Gasteiger partial charge is 0.448 e. The number of ether oxygens (including phenoxy) is 1. The van der Waals surface area contributed by atoms with Crippen LogP contribution in [0.1, 0.15) is 40.2 Å². The van der Waals surface area contributed by atoms with Gasteiger partial charge in [0.15, 0.2) is 12.1 Å². The number of nitrogens with zero attached hydrogens (tertiary/aromatic N) is 2. The molecule has 1 fully saturated rings. The van der Waals surface area contributed by atoms with Gasteiger partial charge in [0.1, 0.15) is 5.76 Å². The third kappa shape index (κ3) is 3.79. The molecule has 1 aromatic carbocycles. The van der Waals surface area contributed by atoms with Crippen LogP contribution in [-0.2, 0) is 11.3 Å². The van der Waals surface area contributed by atoms with Crippen molar-refractivity contribution in [2.75, 3.05) is 13.2 Å². The van der Waals surface area contributed by atoms with E-state index in [1.54, 1.807) is 6.92 Å². The van der Waals surface area contributed by atoms with Crippen molar-refractivity contribution in [1.29, 1.82) is 0 Å². The molecule has 0 bridgehead atoms. The molecular formula is C18H22N2O3. The maximum atomic E-state index is 12.9. The first-order valence-corrected chi connectivity index (χ1v) is 8.00. The number of oxazole rings is 1. The number of aromatic nitrogens is 1. The van der Waals surface area contributed by atoms with E-state index in [0.717, 1.165) is 25.0 Å². The summed E-state index contributed by atoms with van der Waals surface area (Å²) in [7, 11) is 0. The second-order valence-corrected chi connectivity index (χ2v) is 6.07. The topological polar surface area (TPSA) is 55.6 Å². The van der Waals surface area contributed by atoms with Crippen molar-refractivity contribution >= 4 is 5.91 Å². The summed E-state index contributed by atoms with van der Waals surface area (Å²) in [6, 6.07) is 8.21. The van der Waals surface area contributed by atoms with Crippen LogP contribution in [0, 0.1) is 13.8 Å². The molecule has 1 aromatic heterocycles. The quantitative estimate of drug-likeness (QED) is 0.851. The van der Waals surface area contributed by atoms with Gasteiger partial charge in [-0.3, -0.25) is 4.79 Å². The summed E-state index contributed by atoms with van der Waals surface area (Å²) in [5.41, 5.74) is 2.68. The van der Waals surface area contributed by atoms with E-state index in [0.29, 0.717) is 24.5 Å². The normalized spacial score (nSPS) is 17.4. The Balaban J connectivity index is 1.80. The van der Waals surface area contributed by atoms with Gasteiger partial charge in [0.2, 0.25) is 0 Å². The van der Waals surface area contributed by atoms with Gasteiger partial charge in [-0.1, -0.05) is 29.8 Å². The highest BCUT2D eigenvalue weighted by molar-refractivity contribution is 5.93. The monoisotopic (exact) mass is 314 g/mol. The van der Waals surface area contributed by atoms with Gasteiger partial charge in [-0.05, 0) is 32.3 Å². The number of amides is 1. The number of carbonyl (C=O) groups excluding carboxylic acids is 1. The van der Waals surface area contributed by atoms with E-state index in [9.17, 15) is 4.79 Å². The third-order valence-corrected chi connectivity index (χ3v) is 4.14. The van der Waals surface area contributed by atoms with Crippen LogP contribution in [0.4, 0.5) is 0 Å². The number of carbonyl (C=O) groups is 1. The minimum atomic E-state index is -0.103. The molecule has 1 saturated heterocycles. The van der Waals surface area contributed by atoms with Gasteiger partial charge in [-0.25, -0.2) is 4.98 Å². The zero-order chi connectivity index (χ0) is 16.2. The lowest BCUT2D eigenvalue weighted by atomic mass is 10.1. The molecule has 23 heavy (non-hydrogen) atoms.